The number of alkyl halides is 2. The van der Waals surface area contributed by atoms with Crippen molar-refractivity contribution in [3.8, 4) is 11.5 Å². The van der Waals surface area contributed by atoms with E-state index in [1.165, 1.54) is 59.8 Å². The zero-order chi connectivity index (χ0) is 31.1. The molecule has 2 aromatic carbocycles. The fourth-order valence-electron chi connectivity index (χ4n) is 4.88. The summed E-state index contributed by atoms with van der Waals surface area (Å²) in [5.41, 5.74) is 0.793. The molecule has 1 saturated heterocycles. The zero-order valence-electron chi connectivity index (χ0n) is 22.8. The van der Waals surface area contributed by atoms with Gasteiger partial charge in [0.25, 0.3) is 5.91 Å². The summed E-state index contributed by atoms with van der Waals surface area (Å²) >= 11 is 12.6. The van der Waals surface area contributed by atoms with E-state index in [4.69, 9.17) is 27.9 Å². The molecule has 0 N–H and O–H groups in total. The van der Waals surface area contributed by atoms with Crippen molar-refractivity contribution in [3.63, 3.8) is 0 Å². The Bertz CT molecular complexity index is 1670. The van der Waals surface area contributed by atoms with Crippen molar-refractivity contribution in [3.05, 3.63) is 81.6 Å². The number of amides is 1. The smallest absolute Gasteiger partial charge is 0.456 e. The second kappa shape index (κ2) is 11.9. The van der Waals surface area contributed by atoms with Gasteiger partial charge in [-0.3, -0.25) is 14.6 Å². The maximum absolute atomic E-state index is 13.7. The number of esters is 1. The number of rotatable bonds is 8. The molecule has 43 heavy (non-hydrogen) atoms. The minimum atomic E-state index is -4.22. The molecule has 1 aromatic heterocycles. The molecule has 5 rings (SSSR count). The van der Waals surface area contributed by atoms with E-state index in [-0.39, 0.29) is 62.9 Å². The molecule has 10 nitrogen and oxygen atoms in total. The topological polar surface area (TPSA) is 115 Å². The van der Waals surface area contributed by atoms with Crippen molar-refractivity contribution in [2.45, 2.75) is 42.6 Å². The molecule has 0 spiro atoms. The Morgan fingerprint density at radius 2 is 1.81 bits per heavy atom. The van der Waals surface area contributed by atoms with Gasteiger partial charge in [-0.1, -0.05) is 35.3 Å². The number of hydrogen-bond donors (Lipinski definition) is 0. The Kier molecular flexibility index (Phi) is 8.54. The second-order valence-electron chi connectivity index (χ2n) is 10.1. The lowest BCUT2D eigenvalue weighted by Crippen LogP contribution is -2.42. The summed E-state index contributed by atoms with van der Waals surface area (Å²) in [7, 11) is -1.12. The number of fused-ring (bicyclic) bond motifs is 1. The quantitative estimate of drug-likeness (QED) is 0.308. The number of benzene rings is 2. The molecule has 15 heteroatoms. The molecule has 1 unspecified atom stereocenters. The average molecular weight is 656 g/mol. The highest BCUT2D eigenvalue weighted by Crippen LogP contribution is 2.43. The van der Waals surface area contributed by atoms with Crippen molar-refractivity contribution in [2.24, 2.45) is 0 Å². The van der Waals surface area contributed by atoms with Crippen molar-refractivity contribution >= 4 is 45.1 Å². The maximum Gasteiger partial charge on any atom is 0.586 e. The fourth-order valence-corrected chi connectivity index (χ4v) is 7.09. The molecule has 3 heterocycles. The number of aromatic nitrogens is 1. The molecular formula is C28H25Cl2F2N3O7S. The van der Waals surface area contributed by atoms with Gasteiger partial charge in [0, 0.05) is 45.0 Å². The van der Waals surface area contributed by atoms with E-state index in [2.05, 4.69) is 14.5 Å². The summed E-state index contributed by atoms with van der Waals surface area (Å²) in [4.78, 5) is 31.2. The van der Waals surface area contributed by atoms with Crippen LogP contribution in [0.5, 0.6) is 11.5 Å². The van der Waals surface area contributed by atoms with Crippen LogP contribution >= 0.6 is 23.2 Å². The Balaban J connectivity index is 1.44. The summed E-state index contributed by atoms with van der Waals surface area (Å²) < 4.78 is 70.7. The van der Waals surface area contributed by atoms with Gasteiger partial charge >= 0.3 is 12.3 Å². The van der Waals surface area contributed by atoms with E-state index in [0.29, 0.717) is 12.0 Å². The normalized spacial score (nSPS) is 18.3. The van der Waals surface area contributed by atoms with E-state index in [9.17, 15) is 26.8 Å². The van der Waals surface area contributed by atoms with E-state index in [1.54, 1.807) is 14.1 Å². The highest BCUT2D eigenvalue weighted by molar-refractivity contribution is 7.89. The number of hydrogen-bond acceptors (Lipinski definition) is 8. The van der Waals surface area contributed by atoms with Crippen LogP contribution in [0.1, 0.15) is 40.4 Å². The monoisotopic (exact) mass is 655 g/mol. The summed E-state index contributed by atoms with van der Waals surface area (Å²) in [6.07, 6.45) is -1.84. The summed E-state index contributed by atoms with van der Waals surface area (Å²) in [6.45, 7) is 0.0414. The minimum Gasteiger partial charge on any atom is -0.456 e. The lowest BCUT2D eigenvalue weighted by atomic mass is 10.0. The molecule has 2 aliphatic heterocycles. The Hall–Kier alpha value is -3.52. The molecule has 228 valence electrons. The number of nitrogens with zero attached hydrogens (tertiary/aromatic N) is 3. The molecule has 2 aliphatic rings. The van der Waals surface area contributed by atoms with Gasteiger partial charge < -0.3 is 19.1 Å². The van der Waals surface area contributed by atoms with Crippen molar-refractivity contribution < 1.29 is 41.0 Å². The number of pyridine rings is 1. The summed E-state index contributed by atoms with van der Waals surface area (Å²) in [5, 5.41) is 0.357. The third-order valence-electron chi connectivity index (χ3n) is 6.97. The van der Waals surface area contributed by atoms with Gasteiger partial charge in [-0.2, -0.15) is 4.31 Å². The minimum absolute atomic E-state index is 0.0414. The molecule has 2 atom stereocenters. The molecule has 0 bridgehead atoms. The first-order valence-electron chi connectivity index (χ1n) is 13.0. The molecule has 0 radical (unpaired) electrons. The van der Waals surface area contributed by atoms with Crippen molar-refractivity contribution in [1.29, 1.82) is 0 Å². The van der Waals surface area contributed by atoms with Crippen LogP contribution in [-0.4, -0.2) is 67.5 Å². The van der Waals surface area contributed by atoms with Gasteiger partial charge in [0.2, 0.25) is 10.0 Å². The number of carbonyl (C=O) groups is 2. The molecule has 0 saturated carbocycles. The number of sulfonamides is 1. The predicted molar refractivity (Wildman–Crippen MR) is 151 cm³/mol. The first-order valence-corrected chi connectivity index (χ1v) is 15.2. The third kappa shape index (κ3) is 6.40. The molecule has 0 aliphatic carbocycles. The average Bonchev–Trinajstić information content (AvgIpc) is 3.57. The third-order valence-corrected chi connectivity index (χ3v) is 9.52. The van der Waals surface area contributed by atoms with Crippen LogP contribution in [0.2, 0.25) is 10.0 Å². The van der Waals surface area contributed by atoms with Gasteiger partial charge in [-0.15, -0.1) is 8.78 Å². The standard InChI is InChI=1S/C28H25Cl2F2N3O7S/c1-34(2)26(36)17-5-3-6-18(11-17)43(38,39)35-10-4-7-22(35)27(37)40-24(13-19-20(29)14-33-15-21(19)30)16-8-9-23-25(12-16)42-28(31,32)41-23/h3,5-6,8-9,11-12,14-15,22,24H,4,7,10,13H2,1-2H3/t22-,24?/m0/s1. The highest BCUT2D eigenvalue weighted by Gasteiger charge is 2.44. The highest BCUT2D eigenvalue weighted by atomic mass is 35.5. The van der Waals surface area contributed by atoms with Gasteiger partial charge in [-0.25, -0.2) is 8.42 Å². The Morgan fingerprint density at radius 3 is 2.51 bits per heavy atom. The van der Waals surface area contributed by atoms with Crippen molar-refractivity contribution in [2.75, 3.05) is 20.6 Å². The van der Waals surface area contributed by atoms with E-state index in [0.717, 1.165) is 4.31 Å². The largest absolute Gasteiger partial charge is 0.586 e. The van der Waals surface area contributed by atoms with Crippen LogP contribution in [0.3, 0.4) is 0 Å². The van der Waals surface area contributed by atoms with Gasteiger partial charge in [-0.05, 0) is 54.3 Å². The first kappa shape index (κ1) is 30.9. The Morgan fingerprint density at radius 1 is 1.12 bits per heavy atom. The van der Waals surface area contributed by atoms with Crippen molar-refractivity contribution in [1.82, 2.24) is 14.2 Å². The number of ether oxygens (including phenoxy) is 3. The van der Waals surface area contributed by atoms with Gasteiger partial charge in [0.15, 0.2) is 11.5 Å². The van der Waals surface area contributed by atoms with Crippen LogP contribution in [0.15, 0.2) is 59.8 Å². The number of carbonyl (C=O) groups excluding carboxylic acids is 2. The first-order chi connectivity index (χ1) is 20.3. The maximum atomic E-state index is 13.7. The van der Waals surface area contributed by atoms with Crippen LogP contribution in [0.4, 0.5) is 8.78 Å². The molecule has 1 amide bonds. The predicted octanol–water partition coefficient (Wildman–Crippen LogP) is 5.09. The van der Waals surface area contributed by atoms with Crippen LogP contribution in [-0.2, 0) is 26.0 Å². The lowest BCUT2D eigenvalue weighted by Gasteiger charge is -2.26. The molecule has 1 fully saturated rings. The van der Waals surface area contributed by atoms with E-state index in [1.807, 2.05) is 0 Å². The van der Waals surface area contributed by atoms with E-state index < -0.39 is 34.4 Å². The molecule has 3 aromatic rings. The van der Waals surface area contributed by atoms with E-state index >= 15 is 0 Å². The molecular weight excluding hydrogens is 631 g/mol. The fraction of sp³-hybridized carbons (Fsp3) is 0.321. The lowest BCUT2D eigenvalue weighted by molar-refractivity contribution is -0.286. The summed E-state index contributed by atoms with van der Waals surface area (Å²) in [5.74, 6) is -1.72. The van der Waals surface area contributed by atoms with Gasteiger partial charge in [0.1, 0.15) is 12.1 Å². The van der Waals surface area contributed by atoms with Gasteiger partial charge in [0.05, 0.1) is 14.9 Å². The Labute approximate surface area is 256 Å². The van der Waals surface area contributed by atoms with Crippen LogP contribution < -0.4 is 9.47 Å². The summed E-state index contributed by atoms with van der Waals surface area (Å²) in [6, 6.07) is 8.28. The SMILES string of the molecule is CN(C)C(=O)c1cccc(S(=O)(=O)N2CCC[C@H]2C(=O)OC(Cc2c(Cl)cncc2Cl)c2ccc3c(c2)OC(F)(F)O3)c1. The second-order valence-corrected chi connectivity index (χ2v) is 12.8. The zero-order valence-corrected chi connectivity index (χ0v) is 25.1. The number of halogens is 4. The van der Waals surface area contributed by atoms with Crippen LogP contribution in [0, 0.1) is 0 Å². The van der Waals surface area contributed by atoms with Crippen LogP contribution in [0.25, 0.3) is 0 Å².